The highest BCUT2D eigenvalue weighted by atomic mass is 16.4. The molecule has 100 valence electrons. The van der Waals surface area contributed by atoms with E-state index in [0.717, 1.165) is 0 Å². The zero-order chi connectivity index (χ0) is 13.7. The maximum absolute atomic E-state index is 12.1. The number of nitrogens with zero attached hydrogens (tertiary/aromatic N) is 1. The molecule has 1 aromatic heterocycles. The Labute approximate surface area is 104 Å². The molecular weight excluding hydrogens is 238 g/mol. The molecule has 7 nitrogen and oxygen atoms in total. The zero-order valence-corrected chi connectivity index (χ0v) is 10.4. The van der Waals surface area contributed by atoms with Gasteiger partial charge in [0.1, 0.15) is 5.69 Å². The van der Waals surface area contributed by atoms with Gasteiger partial charge in [-0.25, -0.2) is 4.79 Å². The molecule has 0 atom stereocenters. The van der Waals surface area contributed by atoms with Crippen molar-refractivity contribution in [3.05, 3.63) is 22.4 Å². The highest BCUT2D eigenvalue weighted by molar-refractivity contribution is 5.92. The number of carbonyl (C=O) groups excluding carboxylic acids is 1. The number of nitrogens with one attached hydrogen (secondary N) is 2. The first-order valence-corrected chi connectivity index (χ1v) is 5.72. The van der Waals surface area contributed by atoms with Gasteiger partial charge in [0.2, 0.25) is 0 Å². The summed E-state index contributed by atoms with van der Waals surface area (Å²) in [5, 5.41) is 8.57. The molecule has 1 heterocycles. The molecule has 18 heavy (non-hydrogen) atoms. The molecule has 0 aromatic carbocycles. The largest absolute Gasteiger partial charge is 0.481 e. The number of carbonyl (C=O) groups is 2. The van der Waals surface area contributed by atoms with Crippen LogP contribution >= 0.6 is 0 Å². The predicted molar refractivity (Wildman–Crippen MR) is 64.5 cm³/mol. The van der Waals surface area contributed by atoms with Crippen LogP contribution in [-0.2, 0) is 4.79 Å². The normalized spacial score (nSPS) is 10.6. The third kappa shape index (κ3) is 3.76. The van der Waals surface area contributed by atoms with Crippen LogP contribution in [0.3, 0.4) is 0 Å². The Kier molecular flexibility index (Phi) is 4.70. The molecule has 0 unspecified atom stereocenters. The lowest BCUT2D eigenvalue weighted by Gasteiger charge is -2.25. The van der Waals surface area contributed by atoms with Gasteiger partial charge in [-0.2, -0.15) is 0 Å². The quantitative estimate of drug-likeness (QED) is 0.684. The summed E-state index contributed by atoms with van der Waals surface area (Å²) in [5.74, 6) is -1.20. The lowest BCUT2D eigenvalue weighted by Crippen LogP contribution is -2.38. The molecule has 3 N–H and O–H groups in total. The van der Waals surface area contributed by atoms with Gasteiger partial charge in [-0.05, 0) is 20.3 Å². The second-order valence-corrected chi connectivity index (χ2v) is 4.25. The number of aromatic nitrogens is 2. The van der Waals surface area contributed by atoms with Gasteiger partial charge in [0.05, 0.1) is 0 Å². The van der Waals surface area contributed by atoms with Crippen LogP contribution in [0.2, 0.25) is 0 Å². The van der Waals surface area contributed by atoms with Crippen LogP contribution in [0.4, 0.5) is 0 Å². The van der Waals surface area contributed by atoms with E-state index < -0.39 is 11.7 Å². The Hall–Kier alpha value is -2.05. The van der Waals surface area contributed by atoms with Crippen molar-refractivity contribution in [2.24, 2.45) is 0 Å². The fourth-order valence-electron chi connectivity index (χ4n) is 1.60. The standard InChI is InChI=1S/C11H17N3O4/c1-7(2)14(5-3-4-9(15)16)10(17)8-6-12-11(18)13-8/h6-7H,3-5H2,1-2H3,(H,15,16)(H2,12,13,18). The van der Waals surface area contributed by atoms with Crippen LogP contribution in [0.5, 0.6) is 0 Å². The lowest BCUT2D eigenvalue weighted by molar-refractivity contribution is -0.137. The number of carboxylic acid groups (broad SMARTS) is 1. The van der Waals surface area contributed by atoms with Crippen molar-refractivity contribution in [2.75, 3.05) is 6.54 Å². The Morgan fingerprint density at radius 2 is 2.11 bits per heavy atom. The minimum absolute atomic E-state index is 0.0140. The van der Waals surface area contributed by atoms with Crippen molar-refractivity contribution in [1.29, 1.82) is 0 Å². The molecule has 0 aliphatic carbocycles. The number of amides is 1. The molecule has 0 fully saturated rings. The summed E-state index contributed by atoms with van der Waals surface area (Å²) in [6, 6.07) is -0.0651. The highest BCUT2D eigenvalue weighted by Crippen LogP contribution is 2.07. The molecule has 0 saturated carbocycles. The Morgan fingerprint density at radius 1 is 1.44 bits per heavy atom. The first-order valence-electron chi connectivity index (χ1n) is 5.72. The second-order valence-electron chi connectivity index (χ2n) is 4.25. The van der Waals surface area contributed by atoms with Crippen molar-refractivity contribution in [1.82, 2.24) is 14.9 Å². The molecule has 0 bridgehead atoms. The number of aliphatic carboxylic acids is 1. The van der Waals surface area contributed by atoms with Gasteiger partial charge in [-0.1, -0.05) is 0 Å². The summed E-state index contributed by atoms with van der Waals surface area (Å²) in [6.07, 6.45) is 1.71. The molecule has 0 saturated heterocycles. The molecule has 1 amide bonds. The van der Waals surface area contributed by atoms with Gasteiger partial charge in [-0.15, -0.1) is 0 Å². The number of imidazole rings is 1. The fourth-order valence-corrected chi connectivity index (χ4v) is 1.60. The number of carboxylic acids is 1. The second kappa shape index (κ2) is 6.04. The van der Waals surface area contributed by atoms with Crippen molar-refractivity contribution < 1.29 is 14.7 Å². The smallest absolute Gasteiger partial charge is 0.323 e. The third-order valence-corrected chi connectivity index (χ3v) is 2.50. The van der Waals surface area contributed by atoms with Crippen molar-refractivity contribution >= 4 is 11.9 Å². The number of hydrogen-bond donors (Lipinski definition) is 3. The molecule has 1 rings (SSSR count). The Morgan fingerprint density at radius 3 is 2.56 bits per heavy atom. The predicted octanol–water partition coefficient (Wildman–Crippen LogP) is 0.418. The number of rotatable bonds is 6. The van der Waals surface area contributed by atoms with E-state index in [2.05, 4.69) is 9.97 Å². The van der Waals surface area contributed by atoms with E-state index in [1.54, 1.807) is 0 Å². The summed E-state index contributed by atoms with van der Waals surface area (Å²) in [5.41, 5.74) is -0.253. The van der Waals surface area contributed by atoms with E-state index >= 15 is 0 Å². The van der Waals surface area contributed by atoms with Gasteiger partial charge in [0.25, 0.3) is 5.91 Å². The average molecular weight is 255 g/mol. The molecule has 0 spiro atoms. The molecule has 1 aromatic rings. The van der Waals surface area contributed by atoms with Crippen LogP contribution in [0.1, 0.15) is 37.2 Å². The summed E-state index contributed by atoms with van der Waals surface area (Å²) < 4.78 is 0. The maximum atomic E-state index is 12.1. The van der Waals surface area contributed by atoms with Crippen molar-refractivity contribution in [3.63, 3.8) is 0 Å². The van der Waals surface area contributed by atoms with E-state index in [0.29, 0.717) is 13.0 Å². The molecule has 0 radical (unpaired) electrons. The highest BCUT2D eigenvalue weighted by Gasteiger charge is 2.20. The van der Waals surface area contributed by atoms with Gasteiger partial charge < -0.3 is 20.0 Å². The summed E-state index contributed by atoms with van der Waals surface area (Å²) >= 11 is 0. The maximum Gasteiger partial charge on any atom is 0.323 e. The van der Waals surface area contributed by atoms with Gasteiger partial charge in [0.15, 0.2) is 0 Å². The van der Waals surface area contributed by atoms with Crippen LogP contribution < -0.4 is 5.69 Å². The number of H-pyrrole nitrogens is 2. The van der Waals surface area contributed by atoms with Gasteiger partial charge >= 0.3 is 11.7 Å². The third-order valence-electron chi connectivity index (χ3n) is 2.50. The Bertz CT molecular complexity index is 475. The minimum Gasteiger partial charge on any atom is -0.481 e. The van der Waals surface area contributed by atoms with Crippen LogP contribution in [0.15, 0.2) is 11.0 Å². The topological polar surface area (TPSA) is 106 Å². The van der Waals surface area contributed by atoms with Crippen molar-refractivity contribution in [2.45, 2.75) is 32.7 Å². The summed E-state index contributed by atoms with van der Waals surface area (Å²) in [6.45, 7) is 4.02. The minimum atomic E-state index is -0.888. The number of aromatic amines is 2. The lowest BCUT2D eigenvalue weighted by atomic mass is 10.2. The fraction of sp³-hybridized carbons (Fsp3) is 0.545. The average Bonchev–Trinajstić information content (AvgIpc) is 2.69. The molecule has 0 aliphatic heterocycles. The van der Waals surface area contributed by atoms with E-state index in [4.69, 9.17) is 5.11 Å². The van der Waals surface area contributed by atoms with E-state index in [1.165, 1.54) is 11.1 Å². The SMILES string of the molecule is CC(C)N(CCCC(=O)O)C(=O)c1c[nH]c(=O)[nH]1. The van der Waals surface area contributed by atoms with Gasteiger partial charge in [0, 0.05) is 25.2 Å². The molecular formula is C11H17N3O4. The van der Waals surface area contributed by atoms with Crippen LogP contribution in [0.25, 0.3) is 0 Å². The van der Waals surface area contributed by atoms with Crippen molar-refractivity contribution in [3.8, 4) is 0 Å². The monoisotopic (exact) mass is 255 g/mol. The van der Waals surface area contributed by atoms with Gasteiger partial charge in [-0.3, -0.25) is 9.59 Å². The van der Waals surface area contributed by atoms with E-state index in [1.807, 2.05) is 13.8 Å². The Balaban J connectivity index is 2.69. The summed E-state index contributed by atoms with van der Waals surface area (Å²) in [7, 11) is 0. The first-order chi connectivity index (χ1) is 8.41. The number of hydrogen-bond acceptors (Lipinski definition) is 3. The molecule has 7 heteroatoms. The zero-order valence-electron chi connectivity index (χ0n) is 10.4. The van der Waals surface area contributed by atoms with E-state index in [-0.39, 0.29) is 24.1 Å². The summed E-state index contributed by atoms with van der Waals surface area (Å²) in [4.78, 5) is 39.7. The van der Waals surface area contributed by atoms with Crippen LogP contribution in [-0.4, -0.2) is 44.4 Å². The van der Waals surface area contributed by atoms with E-state index in [9.17, 15) is 14.4 Å². The first kappa shape index (κ1) is 14.0. The van der Waals surface area contributed by atoms with Crippen LogP contribution in [0, 0.1) is 0 Å². The molecule has 0 aliphatic rings.